The van der Waals surface area contributed by atoms with Gasteiger partial charge in [-0.15, -0.1) is 10.2 Å². The average molecular weight is 255 g/mol. The summed E-state index contributed by atoms with van der Waals surface area (Å²) in [6, 6.07) is 9.78. The topological polar surface area (TPSA) is 73.6 Å². The zero-order valence-corrected chi connectivity index (χ0v) is 11.0. The predicted octanol–water partition coefficient (Wildman–Crippen LogP) is 1.91. The molecule has 0 saturated heterocycles. The van der Waals surface area contributed by atoms with Crippen molar-refractivity contribution in [2.75, 3.05) is 25.0 Å². The maximum Gasteiger partial charge on any atom is 0.186 e. The number of nitrogens with one attached hydrogen (secondary N) is 2. The van der Waals surface area contributed by atoms with Crippen molar-refractivity contribution in [1.82, 2.24) is 15.5 Å². The Morgan fingerprint density at radius 2 is 2.00 bits per heavy atom. The van der Waals surface area contributed by atoms with Gasteiger partial charge in [-0.2, -0.15) is 5.26 Å². The molecule has 1 heterocycles. The molecule has 0 atom stereocenters. The van der Waals surface area contributed by atoms with Crippen LogP contribution in [0.25, 0.3) is 10.9 Å². The van der Waals surface area contributed by atoms with Crippen LogP contribution in [-0.2, 0) is 0 Å². The molecule has 0 aliphatic heterocycles. The molecular formula is C14H17N5. The fraction of sp³-hybridized carbons (Fsp3) is 0.357. The smallest absolute Gasteiger partial charge is 0.186 e. The quantitative estimate of drug-likeness (QED) is 0.771. The molecule has 0 spiro atoms. The van der Waals surface area contributed by atoms with Crippen molar-refractivity contribution in [3.8, 4) is 6.07 Å². The van der Waals surface area contributed by atoms with E-state index in [9.17, 15) is 0 Å². The lowest BCUT2D eigenvalue weighted by Gasteiger charge is -2.10. The molecule has 5 nitrogen and oxygen atoms in total. The van der Waals surface area contributed by atoms with Gasteiger partial charge in [-0.3, -0.25) is 0 Å². The minimum atomic E-state index is 0.342. The molecule has 2 N–H and O–H groups in total. The molecule has 0 fully saturated rings. The van der Waals surface area contributed by atoms with E-state index in [4.69, 9.17) is 5.26 Å². The van der Waals surface area contributed by atoms with Gasteiger partial charge in [0.05, 0.1) is 11.2 Å². The van der Waals surface area contributed by atoms with E-state index in [1.54, 1.807) is 0 Å². The summed E-state index contributed by atoms with van der Waals surface area (Å²) in [5.41, 5.74) is 1.91. The molecule has 0 aliphatic rings. The molecule has 1 aromatic carbocycles. The molecule has 0 saturated carbocycles. The average Bonchev–Trinajstić information content (AvgIpc) is 2.47. The number of fused-ring (bicyclic) bond motifs is 1. The van der Waals surface area contributed by atoms with Crippen LogP contribution in [0.1, 0.15) is 19.0 Å². The Labute approximate surface area is 112 Å². The SMILES string of the molecule is CCCNCCNc1c(C#N)nnc2ccccc12. The second-order valence-electron chi connectivity index (χ2n) is 4.23. The Kier molecular flexibility index (Phi) is 4.65. The highest BCUT2D eigenvalue weighted by molar-refractivity contribution is 5.92. The summed E-state index contributed by atoms with van der Waals surface area (Å²) in [6.07, 6.45) is 1.11. The van der Waals surface area contributed by atoms with E-state index in [1.807, 2.05) is 24.3 Å². The van der Waals surface area contributed by atoms with Crippen molar-refractivity contribution in [2.45, 2.75) is 13.3 Å². The van der Waals surface area contributed by atoms with E-state index in [1.165, 1.54) is 0 Å². The monoisotopic (exact) mass is 255 g/mol. The third-order valence-corrected chi connectivity index (χ3v) is 2.80. The molecule has 98 valence electrons. The molecule has 0 radical (unpaired) electrons. The first-order chi connectivity index (χ1) is 9.36. The van der Waals surface area contributed by atoms with Gasteiger partial charge in [-0.05, 0) is 19.0 Å². The summed E-state index contributed by atoms with van der Waals surface area (Å²) < 4.78 is 0. The molecule has 2 aromatic rings. The van der Waals surface area contributed by atoms with Gasteiger partial charge in [-0.25, -0.2) is 0 Å². The number of anilines is 1. The lowest BCUT2D eigenvalue weighted by Crippen LogP contribution is -2.23. The third-order valence-electron chi connectivity index (χ3n) is 2.80. The molecule has 5 heteroatoms. The molecule has 1 aromatic heterocycles. The Morgan fingerprint density at radius 1 is 1.16 bits per heavy atom. The number of nitrogens with zero attached hydrogens (tertiary/aromatic N) is 3. The van der Waals surface area contributed by atoms with Gasteiger partial charge in [0.1, 0.15) is 6.07 Å². The standard InChI is InChI=1S/C14H17N5/c1-2-7-16-8-9-17-14-11-5-3-4-6-12(11)18-19-13(14)10-15/h3-6,16H,2,7-9H2,1H3,(H,17,18). The largest absolute Gasteiger partial charge is 0.381 e. The molecule has 0 aliphatic carbocycles. The van der Waals surface area contributed by atoms with Crippen LogP contribution in [0, 0.1) is 11.3 Å². The third kappa shape index (κ3) is 3.18. The Balaban J connectivity index is 2.17. The number of hydrogen-bond acceptors (Lipinski definition) is 5. The second-order valence-corrected chi connectivity index (χ2v) is 4.23. The van der Waals surface area contributed by atoms with Crippen molar-refractivity contribution >= 4 is 16.6 Å². The zero-order valence-electron chi connectivity index (χ0n) is 11.0. The van der Waals surface area contributed by atoms with Crippen molar-refractivity contribution in [3.05, 3.63) is 30.0 Å². The molecule has 0 amide bonds. The number of benzene rings is 1. The number of nitriles is 1. The maximum atomic E-state index is 9.11. The van der Waals surface area contributed by atoms with Gasteiger partial charge in [0.2, 0.25) is 0 Å². The number of rotatable bonds is 6. The fourth-order valence-corrected chi connectivity index (χ4v) is 1.89. The highest BCUT2D eigenvalue weighted by Crippen LogP contribution is 2.23. The lowest BCUT2D eigenvalue weighted by atomic mass is 10.1. The molecular weight excluding hydrogens is 238 g/mol. The van der Waals surface area contributed by atoms with Gasteiger partial charge < -0.3 is 10.6 Å². The highest BCUT2D eigenvalue weighted by atomic mass is 15.1. The van der Waals surface area contributed by atoms with Crippen LogP contribution < -0.4 is 10.6 Å². The fourth-order valence-electron chi connectivity index (χ4n) is 1.89. The maximum absolute atomic E-state index is 9.11. The van der Waals surface area contributed by atoms with Crippen LogP contribution in [0.5, 0.6) is 0 Å². The highest BCUT2D eigenvalue weighted by Gasteiger charge is 2.09. The van der Waals surface area contributed by atoms with Crippen molar-refractivity contribution < 1.29 is 0 Å². The first kappa shape index (κ1) is 13.2. The van der Waals surface area contributed by atoms with E-state index >= 15 is 0 Å². The minimum Gasteiger partial charge on any atom is -0.381 e. The Hall–Kier alpha value is -2.19. The van der Waals surface area contributed by atoms with E-state index in [0.29, 0.717) is 5.69 Å². The minimum absolute atomic E-state index is 0.342. The summed E-state index contributed by atoms with van der Waals surface area (Å²) in [7, 11) is 0. The van der Waals surface area contributed by atoms with E-state index in [-0.39, 0.29) is 0 Å². The van der Waals surface area contributed by atoms with Gasteiger partial charge in [0.15, 0.2) is 5.69 Å². The summed E-state index contributed by atoms with van der Waals surface area (Å²) in [4.78, 5) is 0. The van der Waals surface area contributed by atoms with E-state index in [2.05, 4.69) is 33.8 Å². The van der Waals surface area contributed by atoms with Crippen molar-refractivity contribution in [3.63, 3.8) is 0 Å². The zero-order chi connectivity index (χ0) is 13.5. The van der Waals surface area contributed by atoms with Gasteiger partial charge >= 0.3 is 0 Å². The van der Waals surface area contributed by atoms with Gasteiger partial charge in [0, 0.05) is 18.5 Å². The molecule has 0 unspecified atom stereocenters. The van der Waals surface area contributed by atoms with Crippen molar-refractivity contribution in [2.24, 2.45) is 0 Å². The molecule has 0 bridgehead atoms. The summed E-state index contributed by atoms with van der Waals surface area (Å²) in [5.74, 6) is 0. The van der Waals surface area contributed by atoms with Crippen LogP contribution >= 0.6 is 0 Å². The van der Waals surface area contributed by atoms with E-state index in [0.717, 1.165) is 42.6 Å². The normalized spacial score (nSPS) is 10.3. The Bertz CT molecular complexity index is 588. The lowest BCUT2D eigenvalue weighted by molar-refractivity contribution is 0.688. The first-order valence-electron chi connectivity index (χ1n) is 6.47. The molecule has 19 heavy (non-hydrogen) atoms. The predicted molar refractivity (Wildman–Crippen MR) is 75.9 cm³/mol. The van der Waals surface area contributed by atoms with Crippen molar-refractivity contribution in [1.29, 1.82) is 5.26 Å². The second kappa shape index (κ2) is 6.66. The van der Waals surface area contributed by atoms with E-state index < -0.39 is 0 Å². The van der Waals surface area contributed by atoms with Crippen LogP contribution in [0.15, 0.2) is 24.3 Å². The van der Waals surface area contributed by atoms with Crippen LogP contribution in [0.3, 0.4) is 0 Å². The first-order valence-corrected chi connectivity index (χ1v) is 6.47. The summed E-state index contributed by atoms with van der Waals surface area (Å²) >= 11 is 0. The van der Waals surface area contributed by atoms with Gasteiger partial charge in [0.25, 0.3) is 0 Å². The Morgan fingerprint density at radius 3 is 2.79 bits per heavy atom. The van der Waals surface area contributed by atoms with Gasteiger partial charge in [-0.1, -0.05) is 25.1 Å². The number of hydrogen-bond donors (Lipinski definition) is 2. The number of aromatic nitrogens is 2. The van der Waals surface area contributed by atoms with Crippen LogP contribution in [0.2, 0.25) is 0 Å². The molecule has 2 rings (SSSR count). The summed E-state index contributed by atoms with van der Waals surface area (Å²) in [5, 5.41) is 24.6. The van der Waals surface area contributed by atoms with Crippen LogP contribution in [-0.4, -0.2) is 29.8 Å². The summed E-state index contributed by atoms with van der Waals surface area (Å²) in [6.45, 7) is 4.75. The van der Waals surface area contributed by atoms with Crippen LogP contribution in [0.4, 0.5) is 5.69 Å².